The van der Waals surface area contributed by atoms with Crippen LogP contribution in [0.15, 0.2) is 48.5 Å². The molecule has 2 aromatic carbocycles. The maximum Gasteiger partial charge on any atom is 0.243 e. The normalized spacial score (nSPS) is 16.4. The molecule has 1 saturated carbocycles. The summed E-state index contributed by atoms with van der Waals surface area (Å²) >= 11 is 0. The molecular weight excluding hydrogens is 440 g/mol. The topological polar surface area (TPSA) is 67.9 Å². The molecule has 1 aliphatic carbocycles. The first kappa shape index (κ1) is 25.1. The van der Waals surface area contributed by atoms with Crippen molar-refractivity contribution in [1.29, 1.82) is 0 Å². The fourth-order valence-electron chi connectivity index (χ4n) is 5.08. The summed E-state index contributed by atoms with van der Waals surface area (Å²) in [6.07, 6.45) is 7.90. The van der Waals surface area contributed by atoms with Gasteiger partial charge in [-0.25, -0.2) is 0 Å². The summed E-state index contributed by atoms with van der Waals surface area (Å²) < 4.78 is 11.3. The summed E-state index contributed by atoms with van der Waals surface area (Å²) in [5.74, 6) is 1.49. The van der Waals surface area contributed by atoms with E-state index < -0.39 is 6.04 Å². The summed E-state index contributed by atoms with van der Waals surface area (Å²) in [5.41, 5.74) is 2.20. The van der Waals surface area contributed by atoms with Crippen molar-refractivity contribution in [2.24, 2.45) is 0 Å². The van der Waals surface area contributed by atoms with Crippen LogP contribution in [-0.2, 0) is 22.4 Å². The molecule has 1 N–H and O–H groups in total. The Bertz CT molecular complexity index is 972. The molecule has 1 heterocycles. The monoisotopic (exact) mass is 478 g/mol. The van der Waals surface area contributed by atoms with Crippen LogP contribution in [0.25, 0.3) is 0 Å². The van der Waals surface area contributed by atoms with Gasteiger partial charge >= 0.3 is 0 Å². The number of ether oxygens (including phenoxy) is 2. The highest BCUT2D eigenvalue weighted by atomic mass is 16.6. The predicted molar refractivity (Wildman–Crippen MR) is 137 cm³/mol. The standard InChI is InChI=1S/C29H38N2O4/c1-2-25(29(33)30-24-11-7-4-8-12-24)31(18-17-22-9-5-3-6-10-22)28(32)16-14-23-13-15-26-27(21-23)35-20-19-34-26/h3,5-6,9-10,13,15,21,24-25H,2,4,7-8,11-12,14,16-20H2,1H3,(H,30,33)/t25-/m1/s1. The summed E-state index contributed by atoms with van der Waals surface area (Å²) in [7, 11) is 0. The van der Waals surface area contributed by atoms with Gasteiger partial charge in [0, 0.05) is 19.0 Å². The lowest BCUT2D eigenvalue weighted by Crippen LogP contribution is -2.52. The average molecular weight is 479 g/mol. The fraction of sp³-hybridized carbons (Fsp3) is 0.517. The third-order valence-electron chi connectivity index (χ3n) is 7.06. The molecule has 4 rings (SSSR count). The van der Waals surface area contributed by atoms with Gasteiger partial charge in [-0.1, -0.05) is 62.6 Å². The van der Waals surface area contributed by atoms with Crippen molar-refractivity contribution >= 4 is 11.8 Å². The summed E-state index contributed by atoms with van der Waals surface area (Å²) in [5, 5.41) is 3.25. The van der Waals surface area contributed by atoms with Gasteiger partial charge in [0.2, 0.25) is 11.8 Å². The van der Waals surface area contributed by atoms with Gasteiger partial charge in [0.1, 0.15) is 19.3 Å². The molecule has 0 unspecified atom stereocenters. The van der Waals surface area contributed by atoms with Crippen molar-refractivity contribution in [3.05, 3.63) is 59.7 Å². The molecule has 0 bridgehead atoms. The Morgan fingerprint density at radius 1 is 0.943 bits per heavy atom. The minimum atomic E-state index is -0.451. The van der Waals surface area contributed by atoms with Crippen molar-refractivity contribution < 1.29 is 19.1 Å². The second-order valence-electron chi connectivity index (χ2n) is 9.57. The van der Waals surface area contributed by atoms with Crippen LogP contribution < -0.4 is 14.8 Å². The number of amides is 2. The van der Waals surface area contributed by atoms with Gasteiger partial charge in [-0.15, -0.1) is 0 Å². The molecule has 1 atom stereocenters. The Labute approximate surface area is 209 Å². The van der Waals surface area contributed by atoms with Gasteiger partial charge in [-0.3, -0.25) is 9.59 Å². The van der Waals surface area contributed by atoms with Crippen molar-refractivity contribution in [3.63, 3.8) is 0 Å². The smallest absolute Gasteiger partial charge is 0.243 e. The van der Waals surface area contributed by atoms with Gasteiger partial charge in [-0.2, -0.15) is 0 Å². The highest BCUT2D eigenvalue weighted by molar-refractivity contribution is 5.88. The number of aryl methyl sites for hydroxylation is 1. The molecule has 6 heteroatoms. The van der Waals surface area contributed by atoms with Gasteiger partial charge in [0.05, 0.1) is 0 Å². The molecular formula is C29H38N2O4. The Kier molecular flexibility index (Phi) is 9.04. The molecule has 1 fully saturated rings. The first-order valence-corrected chi connectivity index (χ1v) is 13.2. The van der Waals surface area contributed by atoms with E-state index in [2.05, 4.69) is 17.4 Å². The highest BCUT2D eigenvalue weighted by Gasteiger charge is 2.29. The third kappa shape index (κ3) is 7.00. The van der Waals surface area contributed by atoms with Gasteiger partial charge < -0.3 is 19.7 Å². The van der Waals surface area contributed by atoms with Gasteiger partial charge in [-0.05, 0) is 55.4 Å². The fourth-order valence-corrected chi connectivity index (χ4v) is 5.08. The zero-order valence-corrected chi connectivity index (χ0v) is 20.8. The average Bonchev–Trinajstić information content (AvgIpc) is 2.90. The molecule has 1 aliphatic heterocycles. The van der Waals surface area contributed by atoms with Crippen LogP contribution in [0.2, 0.25) is 0 Å². The molecule has 0 aromatic heterocycles. The zero-order valence-electron chi connectivity index (χ0n) is 20.8. The maximum atomic E-state index is 13.5. The molecule has 0 spiro atoms. The third-order valence-corrected chi connectivity index (χ3v) is 7.06. The molecule has 188 valence electrons. The van der Waals surface area contributed by atoms with Crippen LogP contribution >= 0.6 is 0 Å². The molecule has 2 aliphatic rings. The minimum Gasteiger partial charge on any atom is -0.486 e. The van der Waals surface area contributed by atoms with E-state index in [1.54, 1.807) is 0 Å². The second-order valence-corrected chi connectivity index (χ2v) is 9.57. The number of nitrogens with one attached hydrogen (secondary N) is 1. The number of carbonyl (C=O) groups is 2. The lowest BCUT2D eigenvalue weighted by molar-refractivity contribution is -0.141. The Balaban J connectivity index is 1.43. The quantitative estimate of drug-likeness (QED) is 0.538. The SMILES string of the molecule is CC[C@H](C(=O)NC1CCCCC1)N(CCc1ccccc1)C(=O)CCc1ccc2c(c1)OCCO2. The van der Waals surface area contributed by atoms with Crippen LogP contribution in [0.3, 0.4) is 0 Å². The van der Waals surface area contributed by atoms with Gasteiger partial charge in [0.15, 0.2) is 11.5 Å². The summed E-state index contributed by atoms with van der Waals surface area (Å²) in [6, 6.07) is 15.8. The largest absolute Gasteiger partial charge is 0.486 e. The Morgan fingerprint density at radius 3 is 2.43 bits per heavy atom. The van der Waals surface area contributed by atoms with Crippen LogP contribution in [-0.4, -0.2) is 48.6 Å². The first-order chi connectivity index (χ1) is 17.1. The molecule has 2 aromatic rings. The molecule has 0 saturated heterocycles. The number of hydrogen-bond acceptors (Lipinski definition) is 4. The highest BCUT2D eigenvalue weighted by Crippen LogP contribution is 2.31. The number of hydrogen-bond donors (Lipinski definition) is 1. The lowest BCUT2D eigenvalue weighted by atomic mass is 9.95. The number of fused-ring (bicyclic) bond motifs is 1. The summed E-state index contributed by atoms with van der Waals surface area (Å²) in [4.78, 5) is 28.6. The van der Waals surface area contributed by atoms with Gasteiger partial charge in [0.25, 0.3) is 0 Å². The number of benzene rings is 2. The zero-order chi connectivity index (χ0) is 24.5. The second kappa shape index (κ2) is 12.6. The Hall–Kier alpha value is -3.02. The minimum absolute atomic E-state index is 0.0138. The van der Waals surface area contributed by atoms with E-state index >= 15 is 0 Å². The van der Waals surface area contributed by atoms with E-state index in [9.17, 15) is 9.59 Å². The van der Waals surface area contributed by atoms with E-state index in [1.165, 1.54) is 12.0 Å². The van der Waals surface area contributed by atoms with E-state index in [1.807, 2.05) is 48.2 Å². The predicted octanol–water partition coefficient (Wildman–Crippen LogP) is 4.69. The van der Waals surface area contributed by atoms with Crippen LogP contribution in [0.4, 0.5) is 0 Å². The molecule has 2 amide bonds. The molecule has 6 nitrogen and oxygen atoms in total. The van der Waals surface area contributed by atoms with Crippen molar-refractivity contribution in [3.8, 4) is 11.5 Å². The van der Waals surface area contributed by atoms with E-state index in [4.69, 9.17) is 9.47 Å². The first-order valence-electron chi connectivity index (χ1n) is 13.2. The lowest BCUT2D eigenvalue weighted by Gasteiger charge is -2.33. The van der Waals surface area contributed by atoms with Crippen molar-refractivity contribution in [1.82, 2.24) is 10.2 Å². The van der Waals surface area contributed by atoms with Crippen molar-refractivity contribution in [2.45, 2.75) is 76.8 Å². The summed E-state index contributed by atoms with van der Waals surface area (Å²) in [6.45, 7) is 3.62. The maximum absolute atomic E-state index is 13.5. The van der Waals surface area contributed by atoms with Crippen LogP contribution in [0, 0.1) is 0 Å². The van der Waals surface area contributed by atoms with Crippen LogP contribution in [0.5, 0.6) is 11.5 Å². The van der Waals surface area contributed by atoms with Crippen molar-refractivity contribution in [2.75, 3.05) is 19.8 Å². The number of nitrogens with zero attached hydrogens (tertiary/aromatic N) is 1. The van der Waals surface area contributed by atoms with E-state index in [0.29, 0.717) is 39.0 Å². The number of rotatable bonds is 10. The van der Waals surface area contributed by atoms with E-state index in [0.717, 1.165) is 49.2 Å². The molecule has 0 radical (unpaired) electrons. The number of carbonyl (C=O) groups excluding carboxylic acids is 2. The van der Waals surface area contributed by atoms with Crippen LogP contribution in [0.1, 0.15) is 63.0 Å². The molecule has 35 heavy (non-hydrogen) atoms. The van der Waals surface area contributed by atoms with E-state index in [-0.39, 0.29) is 17.9 Å². The Morgan fingerprint density at radius 2 is 1.69 bits per heavy atom.